The molecule has 0 bridgehead atoms. The highest BCUT2D eigenvalue weighted by Gasteiger charge is 2.45. The van der Waals surface area contributed by atoms with Crippen LogP contribution in [0.15, 0.2) is 69.5 Å². The van der Waals surface area contributed by atoms with Crippen LogP contribution in [0.1, 0.15) is 38.2 Å². The summed E-state index contributed by atoms with van der Waals surface area (Å²) in [4.78, 5) is 27.8. The van der Waals surface area contributed by atoms with Crippen molar-refractivity contribution >= 4 is 68.8 Å². The van der Waals surface area contributed by atoms with E-state index in [1.165, 1.54) is 23.5 Å². The van der Waals surface area contributed by atoms with Crippen molar-refractivity contribution in [2.45, 2.75) is 36.9 Å². The summed E-state index contributed by atoms with van der Waals surface area (Å²) >= 11 is 14.6. The summed E-state index contributed by atoms with van der Waals surface area (Å²) in [6, 6.07) is 12.8. The molecule has 1 aliphatic carbocycles. The van der Waals surface area contributed by atoms with Gasteiger partial charge >= 0.3 is 0 Å². The molecule has 2 aliphatic rings. The minimum atomic E-state index is -0.724. The van der Waals surface area contributed by atoms with Gasteiger partial charge in [-0.3, -0.25) is 14.5 Å². The Morgan fingerprint density at radius 2 is 1.90 bits per heavy atom. The van der Waals surface area contributed by atoms with Gasteiger partial charge in [0.05, 0.1) is 39.0 Å². The van der Waals surface area contributed by atoms with Crippen LogP contribution in [0.25, 0.3) is 0 Å². The number of hydrogen-bond donors (Lipinski definition) is 2. The summed E-state index contributed by atoms with van der Waals surface area (Å²) in [5.41, 5.74) is 8.43. The molecule has 0 fully saturated rings. The Kier molecular flexibility index (Phi) is 8.12. The molecule has 0 spiro atoms. The number of nitrogens with zero attached hydrogens (tertiary/aromatic N) is 4. The molecule has 3 aromatic rings. The van der Waals surface area contributed by atoms with Crippen LogP contribution < -0.4 is 16.0 Å². The van der Waals surface area contributed by atoms with Crippen LogP contribution in [-0.2, 0) is 9.59 Å². The minimum absolute atomic E-state index is 0.0110. The van der Waals surface area contributed by atoms with Crippen molar-refractivity contribution in [2.24, 2.45) is 11.1 Å². The third-order valence-corrected chi connectivity index (χ3v) is 9.40. The normalized spacial score (nSPS) is 18.3. The van der Waals surface area contributed by atoms with E-state index in [2.05, 4.69) is 21.6 Å². The highest BCUT2D eigenvalue weighted by Crippen LogP contribution is 2.50. The van der Waals surface area contributed by atoms with Crippen molar-refractivity contribution in [2.75, 3.05) is 16.0 Å². The maximum atomic E-state index is 13.7. The van der Waals surface area contributed by atoms with Crippen LogP contribution in [0.3, 0.4) is 0 Å². The molecule has 0 saturated carbocycles. The third-order valence-electron chi connectivity index (χ3n) is 6.73. The van der Waals surface area contributed by atoms with Gasteiger partial charge in [-0.25, -0.2) is 4.39 Å². The lowest BCUT2D eigenvalue weighted by Crippen LogP contribution is -2.42. The molecule has 1 amide bonds. The Labute approximate surface area is 254 Å². The number of rotatable bonds is 6. The standard InChI is InChI=1S/C28H23Cl2FN6O2S2/c1-28(2)10-19-23(20(38)11-28)22(14-6-8-15(31)9-7-14)16(12-32)25(33)37(19)26-35-36-27(41-26)40-13-21(39)34-24-17(29)4-3-5-18(24)30/h3-9,22H,10-11,13,33H2,1-2H3,(H,34,39). The van der Waals surface area contributed by atoms with Crippen LogP contribution >= 0.6 is 46.3 Å². The molecule has 41 heavy (non-hydrogen) atoms. The Balaban J connectivity index is 1.46. The molecule has 2 aromatic carbocycles. The van der Waals surface area contributed by atoms with Gasteiger partial charge < -0.3 is 11.1 Å². The first kappa shape index (κ1) is 29.1. The summed E-state index contributed by atoms with van der Waals surface area (Å²) < 4.78 is 14.2. The topological polar surface area (TPSA) is 125 Å². The molecule has 0 saturated heterocycles. The first-order valence-corrected chi connectivity index (χ1v) is 15.0. The maximum absolute atomic E-state index is 13.7. The Morgan fingerprint density at radius 1 is 1.22 bits per heavy atom. The van der Waals surface area contributed by atoms with E-state index in [0.29, 0.717) is 48.5 Å². The van der Waals surface area contributed by atoms with E-state index in [9.17, 15) is 19.2 Å². The Hall–Kier alpha value is -3.43. The average molecular weight is 630 g/mol. The number of nitriles is 1. The fraction of sp³-hybridized carbons (Fsp3) is 0.250. The first-order chi connectivity index (χ1) is 19.5. The van der Waals surface area contributed by atoms with Gasteiger partial charge in [0.1, 0.15) is 11.6 Å². The second kappa shape index (κ2) is 11.4. The number of allylic oxidation sites excluding steroid dienone is 3. The number of benzene rings is 2. The van der Waals surface area contributed by atoms with E-state index in [-0.39, 0.29) is 40.7 Å². The van der Waals surface area contributed by atoms with Gasteiger partial charge in [-0.05, 0) is 41.7 Å². The monoisotopic (exact) mass is 628 g/mol. The van der Waals surface area contributed by atoms with Gasteiger partial charge in [0.15, 0.2) is 10.1 Å². The van der Waals surface area contributed by atoms with Gasteiger partial charge in [-0.1, -0.05) is 78.3 Å². The second-order valence-corrected chi connectivity index (χ2v) is 13.3. The highest BCUT2D eigenvalue weighted by atomic mass is 35.5. The number of thioether (sulfide) groups is 1. The van der Waals surface area contributed by atoms with E-state index in [1.807, 2.05) is 13.8 Å². The zero-order chi connectivity index (χ0) is 29.5. The van der Waals surface area contributed by atoms with Crippen LogP contribution in [0.5, 0.6) is 0 Å². The van der Waals surface area contributed by atoms with Crippen LogP contribution in [0.4, 0.5) is 15.2 Å². The van der Waals surface area contributed by atoms with Crippen LogP contribution in [-0.4, -0.2) is 27.6 Å². The molecule has 1 aliphatic heterocycles. The molecule has 13 heteroatoms. The quantitative estimate of drug-likeness (QED) is 0.290. The molecule has 3 N–H and O–H groups in total. The summed E-state index contributed by atoms with van der Waals surface area (Å²) in [5.74, 6) is -1.45. The largest absolute Gasteiger partial charge is 0.384 e. The van der Waals surface area contributed by atoms with Crippen molar-refractivity contribution in [3.63, 3.8) is 0 Å². The summed E-state index contributed by atoms with van der Waals surface area (Å²) in [6.07, 6.45) is 0.784. The number of aromatic nitrogens is 2. The minimum Gasteiger partial charge on any atom is -0.384 e. The number of ketones is 1. The molecule has 8 nitrogen and oxygen atoms in total. The second-order valence-electron chi connectivity index (χ2n) is 10.3. The van der Waals surface area contributed by atoms with E-state index < -0.39 is 11.7 Å². The number of Topliss-reactive ketones (excluding diaryl/α,β-unsaturated/α-hetero) is 1. The van der Waals surface area contributed by atoms with Crippen molar-refractivity contribution in [1.29, 1.82) is 5.26 Å². The smallest absolute Gasteiger partial charge is 0.234 e. The van der Waals surface area contributed by atoms with Gasteiger partial charge in [0.25, 0.3) is 0 Å². The summed E-state index contributed by atoms with van der Waals surface area (Å²) in [5, 5.41) is 22.4. The highest BCUT2D eigenvalue weighted by molar-refractivity contribution is 8.01. The van der Waals surface area contributed by atoms with Crippen molar-refractivity contribution in [3.8, 4) is 6.07 Å². The molecular weight excluding hydrogens is 606 g/mol. The lowest BCUT2D eigenvalue weighted by molar-refractivity contribution is -0.118. The van der Waals surface area contributed by atoms with E-state index in [0.717, 1.165) is 11.8 Å². The van der Waals surface area contributed by atoms with Crippen molar-refractivity contribution in [3.05, 3.63) is 86.6 Å². The zero-order valence-corrected chi connectivity index (χ0v) is 25.0. The first-order valence-electron chi connectivity index (χ1n) is 12.4. The van der Waals surface area contributed by atoms with Crippen LogP contribution in [0, 0.1) is 22.6 Å². The number of para-hydroxylation sites is 1. The number of carbonyl (C=O) groups excluding carboxylic acids is 2. The summed E-state index contributed by atoms with van der Waals surface area (Å²) in [7, 11) is 0. The van der Waals surface area contributed by atoms with E-state index in [1.54, 1.807) is 35.2 Å². The number of anilines is 2. The van der Waals surface area contributed by atoms with Crippen molar-refractivity contribution < 1.29 is 14.0 Å². The molecule has 0 radical (unpaired) electrons. The molecule has 1 aromatic heterocycles. The molecule has 2 heterocycles. The predicted molar refractivity (Wildman–Crippen MR) is 159 cm³/mol. The maximum Gasteiger partial charge on any atom is 0.234 e. The summed E-state index contributed by atoms with van der Waals surface area (Å²) in [6.45, 7) is 3.98. The van der Waals surface area contributed by atoms with Gasteiger partial charge in [0, 0.05) is 17.7 Å². The number of amides is 1. The van der Waals surface area contributed by atoms with Gasteiger partial charge in [0.2, 0.25) is 11.0 Å². The number of nitrogens with one attached hydrogen (secondary N) is 1. The molecule has 1 unspecified atom stereocenters. The molecule has 1 atom stereocenters. The molecular formula is C28H23Cl2FN6O2S2. The number of hydrogen-bond acceptors (Lipinski definition) is 9. The lowest BCUT2D eigenvalue weighted by atomic mass is 9.69. The lowest BCUT2D eigenvalue weighted by Gasteiger charge is -2.42. The SMILES string of the molecule is CC1(C)CC(=O)C2=C(C1)N(c1nnc(SCC(=O)Nc3c(Cl)cccc3Cl)s1)C(N)=C(C#N)C2c1ccc(F)cc1. The van der Waals surface area contributed by atoms with Crippen molar-refractivity contribution in [1.82, 2.24) is 10.2 Å². The predicted octanol–water partition coefficient (Wildman–Crippen LogP) is 6.66. The Morgan fingerprint density at radius 3 is 2.56 bits per heavy atom. The fourth-order valence-corrected chi connectivity index (χ4v) is 7.16. The van der Waals surface area contributed by atoms with E-state index in [4.69, 9.17) is 28.9 Å². The zero-order valence-electron chi connectivity index (χ0n) is 21.9. The molecule has 5 rings (SSSR count). The van der Waals surface area contributed by atoms with E-state index >= 15 is 0 Å². The number of halogens is 3. The van der Waals surface area contributed by atoms with Crippen LogP contribution in [0.2, 0.25) is 10.0 Å². The fourth-order valence-electron chi connectivity index (χ4n) is 4.99. The van der Waals surface area contributed by atoms with Gasteiger partial charge in [-0.15, -0.1) is 10.2 Å². The third kappa shape index (κ3) is 5.83. The number of carbonyl (C=O) groups is 2. The number of nitrogens with two attached hydrogens (primary N) is 1. The Bertz CT molecular complexity index is 1640. The average Bonchev–Trinajstić information content (AvgIpc) is 3.37. The van der Waals surface area contributed by atoms with Gasteiger partial charge in [-0.2, -0.15) is 5.26 Å². The molecule has 210 valence electrons.